The third kappa shape index (κ3) is 8.10. The van der Waals surface area contributed by atoms with E-state index in [4.69, 9.17) is 15.0 Å². The van der Waals surface area contributed by atoms with Crippen molar-refractivity contribution in [2.45, 2.75) is 63.3 Å². The number of carbonyl (C=O) groups is 4. The van der Waals surface area contributed by atoms with E-state index < -0.39 is 30.0 Å². The van der Waals surface area contributed by atoms with Crippen LogP contribution in [0.3, 0.4) is 0 Å². The van der Waals surface area contributed by atoms with E-state index in [1.165, 1.54) is 5.56 Å². The van der Waals surface area contributed by atoms with Crippen molar-refractivity contribution in [3.63, 3.8) is 0 Å². The molecule has 2 atom stereocenters. The van der Waals surface area contributed by atoms with Gasteiger partial charge in [-0.1, -0.05) is 24.3 Å². The number of amides is 4. The normalized spacial score (nSPS) is 18.6. The number of nitrogens with one attached hydrogen (secondary N) is 4. The summed E-state index contributed by atoms with van der Waals surface area (Å²) in [7, 11) is 0. The molecule has 3 aliphatic rings. The number of anilines is 2. The van der Waals surface area contributed by atoms with Crippen molar-refractivity contribution >= 4 is 46.3 Å². The van der Waals surface area contributed by atoms with Crippen LogP contribution in [0.25, 0.3) is 22.3 Å². The molecule has 0 spiro atoms. The summed E-state index contributed by atoms with van der Waals surface area (Å²) in [5.41, 5.74) is 4.87. The Morgan fingerprint density at radius 3 is 2.66 bits per heavy atom. The first-order valence-electron chi connectivity index (χ1n) is 19.5. The maximum atomic E-state index is 13.3. The standard InChI is InChI=1S/C41H43N11O6/c42-15-2-19-51-23-27(22-45-51)36-30-12-17-44-37(30)49-41(48-36)46-28-8-6-25(7-9-28)26-13-20-50(21-14-26)18-3-16-43-34(54)24-58-32-5-1-4-29-35(32)40(57)52(39(29)56)31-10-11-33(53)47-38(31)55/h1,4-9,12,17,22-23,26,31,39,56H,2-3,10-11,13-14,16,18-21,24H2,(H,43,54)(H,47,53,55)(H2,44,46,48,49). The summed E-state index contributed by atoms with van der Waals surface area (Å²) in [6, 6.07) is 16.3. The van der Waals surface area contributed by atoms with Crippen LogP contribution in [0.5, 0.6) is 5.75 Å². The first kappa shape index (κ1) is 38.2. The number of aromatic nitrogens is 5. The van der Waals surface area contributed by atoms with Gasteiger partial charge in [0.15, 0.2) is 12.8 Å². The molecular weight excluding hydrogens is 743 g/mol. The van der Waals surface area contributed by atoms with Gasteiger partial charge in [0.05, 0.1) is 36.5 Å². The number of ether oxygens (including phenoxy) is 1. The molecule has 0 bridgehead atoms. The van der Waals surface area contributed by atoms with E-state index in [9.17, 15) is 24.3 Å². The summed E-state index contributed by atoms with van der Waals surface area (Å²) in [4.78, 5) is 66.2. The van der Waals surface area contributed by atoms with Crippen LogP contribution in [-0.4, -0.2) is 102 Å². The summed E-state index contributed by atoms with van der Waals surface area (Å²) < 4.78 is 7.48. The van der Waals surface area contributed by atoms with Crippen molar-refractivity contribution in [2.24, 2.45) is 0 Å². The SMILES string of the molecule is N#CCCn1cc(-c2nc(Nc3ccc(C4CCN(CCCNC(=O)COc5cccc6c5C(=O)N(C5CCC(=O)NC5=O)C6O)CC4)cc3)nc3[nH]ccc23)cn1. The molecule has 8 rings (SSSR count). The zero-order chi connectivity index (χ0) is 40.2. The molecule has 2 saturated heterocycles. The Morgan fingerprint density at radius 1 is 1.03 bits per heavy atom. The number of imide groups is 1. The Labute approximate surface area is 333 Å². The molecule has 3 aromatic heterocycles. The van der Waals surface area contributed by atoms with Crippen molar-refractivity contribution in [3.05, 3.63) is 83.8 Å². The summed E-state index contributed by atoms with van der Waals surface area (Å²) in [6.45, 7) is 3.43. The van der Waals surface area contributed by atoms with Gasteiger partial charge in [-0.2, -0.15) is 15.3 Å². The minimum atomic E-state index is -1.37. The van der Waals surface area contributed by atoms with E-state index in [0.29, 0.717) is 37.0 Å². The number of rotatable bonds is 14. The van der Waals surface area contributed by atoms with Crippen LogP contribution >= 0.6 is 0 Å². The fourth-order valence-corrected chi connectivity index (χ4v) is 7.93. The maximum Gasteiger partial charge on any atom is 0.261 e. The highest BCUT2D eigenvalue weighted by atomic mass is 16.5. The van der Waals surface area contributed by atoms with Gasteiger partial charge in [-0.3, -0.25) is 34.1 Å². The molecule has 5 N–H and O–H groups in total. The van der Waals surface area contributed by atoms with Crippen LogP contribution in [-0.2, 0) is 20.9 Å². The molecule has 17 nitrogen and oxygen atoms in total. The topological polar surface area (TPSA) is 223 Å². The molecule has 58 heavy (non-hydrogen) atoms. The van der Waals surface area contributed by atoms with Gasteiger partial charge < -0.3 is 30.4 Å². The maximum absolute atomic E-state index is 13.3. The van der Waals surface area contributed by atoms with E-state index in [-0.39, 0.29) is 42.2 Å². The number of benzene rings is 2. The fraction of sp³-hybridized carbons (Fsp3) is 0.366. The third-order valence-corrected chi connectivity index (χ3v) is 10.9. The van der Waals surface area contributed by atoms with E-state index in [2.05, 4.69) is 66.3 Å². The highest BCUT2D eigenvalue weighted by molar-refractivity contribution is 6.07. The van der Waals surface area contributed by atoms with Crippen molar-refractivity contribution in [1.82, 2.24) is 45.2 Å². The number of nitrogens with zero attached hydrogens (tertiary/aromatic N) is 7. The summed E-state index contributed by atoms with van der Waals surface area (Å²) in [5.74, 6) is -0.914. The minimum absolute atomic E-state index is 0.0634. The molecule has 2 aromatic carbocycles. The summed E-state index contributed by atoms with van der Waals surface area (Å²) in [5, 5.41) is 33.5. The molecule has 6 heterocycles. The third-order valence-electron chi connectivity index (χ3n) is 10.9. The first-order chi connectivity index (χ1) is 28.2. The van der Waals surface area contributed by atoms with E-state index in [1.54, 1.807) is 29.1 Å². The number of aliphatic hydroxyl groups is 1. The lowest BCUT2D eigenvalue weighted by Crippen LogP contribution is -2.53. The minimum Gasteiger partial charge on any atom is -0.483 e. The smallest absolute Gasteiger partial charge is 0.261 e. The van der Waals surface area contributed by atoms with Gasteiger partial charge in [0.2, 0.25) is 17.8 Å². The lowest BCUT2D eigenvalue weighted by atomic mass is 9.89. The molecule has 5 aromatic rings. The van der Waals surface area contributed by atoms with Gasteiger partial charge in [-0.25, -0.2) is 4.98 Å². The van der Waals surface area contributed by atoms with Gasteiger partial charge in [0.1, 0.15) is 17.4 Å². The number of fused-ring (bicyclic) bond motifs is 2. The zero-order valence-electron chi connectivity index (χ0n) is 31.7. The number of likely N-dealkylation sites (tertiary alicyclic amines) is 1. The van der Waals surface area contributed by atoms with Crippen LogP contribution in [0.15, 0.2) is 67.1 Å². The molecule has 298 valence electrons. The number of carbonyl (C=O) groups excluding carboxylic acids is 4. The molecule has 2 fully saturated rings. The zero-order valence-corrected chi connectivity index (χ0v) is 31.7. The molecule has 0 saturated carbocycles. The van der Waals surface area contributed by atoms with Crippen LogP contribution in [0.4, 0.5) is 11.6 Å². The molecule has 3 aliphatic heterocycles. The van der Waals surface area contributed by atoms with Crippen molar-refractivity contribution in [2.75, 3.05) is 38.1 Å². The van der Waals surface area contributed by atoms with E-state index >= 15 is 0 Å². The van der Waals surface area contributed by atoms with Crippen molar-refractivity contribution in [3.8, 4) is 23.1 Å². The lowest BCUT2D eigenvalue weighted by Gasteiger charge is -2.32. The number of aryl methyl sites for hydroxylation is 1. The molecular formula is C41H43N11O6. The van der Waals surface area contributed by atoms with Gasteiger partial charge >= 0.3 is 0 Å². The molecule has 4 amide bonds. The Balaban J connectivity index is 0.770. The number of hydrogen-bond donors (Lipinski definition) is 5. The second-order valence-electron chi connectivity index (χ2n) is 14.7. The number of piperidine rings is 2. The average Bonchev–Trinajstić information content (AvgIpc) is 3.97. The quantitative estimate of drug-likeness (QED) is 0.0807. The second kappa shape index (κ2) is 16.8. The average molecular weight is 786 g/mol. The number of nitriles is 1. The van der Waals surface area contributed by atoms with E-state index in [1.807, 2.05) is 18.5 Å². The Bertz CT molecular complexity index is 2380. The fourth-order valence-electron chi connectivity index (χ4n) is 7.93. The van der Waals surface area contributed by atoms with Gasteiger partial charge in [-0.05, 0) is 81.1 Å². The Hall–Kier alpha value is -6.64. The number of aliphatic hydroxyl groups excluding tert-OH is 1. The number of hydrogen-bond acceptors (Lipinski definition) is 12. The first-order valence-corrected chi connectivity index (χ1v) is 19.5. The predicted octanol–water partition coefficient (Wildman–Crippen LogP) is 3.50. The van der Waals surface area contributed by atoms with Crippen LogP contribution in [0.2, 0.25) is 0 Å². The second-order valence-corrected chi connectivity index (χ2v) is 14.7. The van der Waals surface area contributed by atoms with Crippen LogP contribution in [0.1, 0.15) is 72.2 Å². The monoisotopic (exact) mass is 785 g/mol. The van der Waals surface area contributed by atoms with Crippen LogP contribution < -0.4 is 20.7 Å². The summed E-state index contributed by atoms with van der Waals surface area (Å²) in [6.07, 6.45) is 7.49. The predicted molar refractivity (Wildman–Crippen MR) is 210 cm³/mol. The number of H-pyrrole nitrogens is 1. The van der Waals surface area contributed by atoms with Crippen LogP contribution in [0, 0.1) is 11.3 Å². The van der Waals surface area contributed by atoms with Gasteiger partial charge in [-0.15, -0.1) is 0 Å². The van der Waals surface area contributed by atoms with Crippen molar-refractivity contribution in [1.29, 1.82) is 5.26 Å². The number of aromatic amines is 1. The lowest BCUT2D eigenvalue weighted by molar-refractivity contribution is -0.139. The van der Waals surface area contributed by atoms with Gasteiger partial charge in [0.25, 0.3) is 11.8 Å². The highest BCUT2D eigenvalue weighted by Gasteiger charge is 2.45. The molecule has 2 unspecified atom stereocenters. The molecule has 0 aliphatic carbocycles. The Kier molecular flexibility index (Phi) is 11.1. The van der Waals surface area contributed by atoms with E-state index in [0.717, 1.165) is 66.1 Å². The Morgan fingerprint density at radius 2 is 1.86 bits per heavy atom. The molecule has 0 radical (unpaired) electrons. The van der Waals surface area contributed by atoms with Crippen molar-refractivity contribution < 1.29 is 29.0 Å². The van der Waals surface area contributed by atoms with Gasteiger partial charge in [0, 0.05) is 47.6 Å². The summed E-state index contributed by atoms with van der Waals surface area (Å²) >= 11 is 0. The largest absolute Gasteiger partial charge is 0.483 e. The molecule has 17 heteroatoms. The highest BCUT2D eigenvalue weighted by Crippen LogP contribution is 2.40.